The van der Waals surface area contributed by atoms with Gasteiger partial charge in [-0.1, -0.05) is 19.1 Å². The lowest BCUT2D eigenvalue weighted by atomic mass is 10.0. The fourth-order valence-corrected chi connectivity index (χ4v) is 1.65. The minimum absolute atomic E-state index is 0.0237. The number of anilines is 1. The fourth-order valence-electron chi connectivity index (χ4n) is 1.65. The van der Waals surface area contributed by atoms with Crippen LogP contribution in [-0.4, -0.2) is 22.1 Å². The summed E-state index contributed by atoms with van der Waals surface area (Å²) in [5.41, 5.74) is 1.32. The van der Waals surface area contributed by atoms with Crippen molar-refractivity contribution >= 4 is 17.6 Å². The van der Waals surface area contributed by atoms with Crippen LogP contribution >= 0.6 is 0 Å². The number of aliphatic carboxylic acids is 1. The minimum atomic E-state index is -0.905. The molecule has 0 aliphatic rings. The van der Waals surface area contributed by atoms with Crippen LogP contribution in [0.2, 0.25) is 0 Å². The Morgan fingerprint density at radius 1 is 1.33 bits per heavy atom. The molecular formula is C13H17NO4. The van der Waals surface area contributed by atoms with Gasteiger partial charge in [0, 0.05) is 18.5 Å². The lowest BCUT2D eigenvalue weighted by molar-refractivity contribution is -0.138. The summed E-state index contributed by atoms with van der Waals surface area (Å²) in [6.07, 6.45) is 0.139. The second-order valence-corrected chi connectivity index (χ2v) is 4.31. The van der Waals surface area contributed by atoms with Crippen molar-refractivity contribution in [3.05, 3.63) is 29.8 Å². The number of hydrogen-bond acceptors (Lipinski definition) is 3. The highest BCUT2D eigenvalue weighted by molar-refractivity contribution is 5.91. The summed E-state index contributed by atoms with van der Waals surface area (Å²) < 4.78 is 0. The minimum Gasteiger partial charge on any atom is -0.481 e. The third kappa shape index (κ3) is 4.97. The zero-order valence-corrected chi connectivity index (χ0v) is 10.2. The number of carboxylic acids is 1. The van der Waals surface area contributed by atoms with Crippen LogP contribution in [0.3, 0.4) is 0 Å². The van der Waals surface area contributed by atoms with Crippen LogP contribution in [-0.2, 0) is 16.2 Å². The number of hydrogen-bond donors (Lipinski definition) is 3. The van der Waals surface area contributed by atoms with Crippen LogP contribution in [0.1, 0.15) is 25.3 Å². The van der Waals surface area contributed by atoms with E-state index in [0.717, 1.165) is 0 Å². The normalized spacial score (nSPS) is 11.9. The van der Waals surface area contributed by atoms with E-state index >= 15 is 0 Å². The molecule has 0 aromatic heterocycles. The maximum Gasteiger partial charge on any atom is 0.303 e. The second-order valence-electron chi connectivity index (χ2n) is 4.31. The molecule has 5 heteroatoms. The van der Waals surface area contributed by atoms with Crippen molar-refractivity contribution in [2.75, 3.05) is 5.32 Å². The largest absolute Gasteiger partial charge is 0.481 e. The Morgan fingerprint density at radius 2 is 2.06 bits per heavy atom. The number of aliphatic hydroxyl groups excluding tert-OH is 1. The van der Waals surface area contributed by atoms with E-state index < -0.39 is 5.97 Å². The molecule has 1 aromatic carbocycles. The first kappa shape index (κ1) is 14.2. The van der Waals surface area contributed by atoms with Gasteiger partial charge in [-0.3, -0.25) is 9.59 Å². The van der Waals surface area contributed by atoms with Gasteiger partial charge in [-0.2, -0.15) is 0 Å². The molecule has 5 nitrogen and oxygen atoms in total. The third-order valence-corrected chi connectivity index (χ3v) is 2.45. The number of rotatable bonds is 6. The van der Waals surface area contributed by atoms with Gasteiger partial charge in [-0.15, -0.1) is 0 Å². The summed E-state index contributed by atoms with van der Waals surface area (Å²) in [5, 5.41) is 20.2. The van der Waals surface area contributed by atoms with Gasteiger partial charge in [0.2, 0.25) is 5.91 Å². The van der Waals surface area contributed by atoms with E-state index in [-0.39, 0.29) is 31.3 Å². The Kier molecular flexibility index (Phi) is 5.32. The zero-order chi connectivity index (χ0) is 13.5. The number of carboxylic acid groups (broad SMARTS) is 1. The molecule has 0 radical (unpaired) electrons. The Bertz CT molecular complexity index is 431. The Balaban J connectivity index is 2.51. The van der Waals surface area contributed by atoms with E-state index in [0.29, 0.717) is 11.3 Å². The van der Waals surface area contributed by atoms with E-state index in [4.69, 9.17) is 10.2 Å². The molecule has 3 N–H and O–H groups in total. The first-order chi connectivity index (χ1) is 8.51. The molecular weight excluding hydrogens is 234 g/mol. The van der Waals surface area contributed by atoms with Crippen LogP contribution in [0, 0.1) is 5.92 Å². The van der Waals surface area contributed by atoms with Gasteiger partial charge in [0.1, 0.15) is 0 Å². The summed E-state index contributed by atoms with van der Waals surface area (Å²) in [6.45, 7) is 1.64. The lowest BCUT2D eigenvalue weighted by Crippen LogP contribution is -2.17. The van der Waals surface area contributed by atoms with Crippen molar-refractivity contribution in [3.8, 4) is 0 Å². The van der Waals surface area contributed by atoms with Gasteiger partial charge < -0.3 is 15.5 Å². The smallest absolute Gasteiger partial charge is 0.303 e. The Morgan fingerprint density at radius 3 is 2.67 bits per heavy atom. The van der Waals surface area contributed by atoms with Crippen molar-refractivity contribution in [2.45, 2.75) is 26.4 Å². The SMILES string of the molecule is CC(CC(=O)O)CC(=O)Nc1cccc(CO)c1. The lowest BCUT2D eigenvalue weighted by Gasteiger charge is -2.10. The highest BCUT2D eigenvalue weighted by atomic mass is 16.4. The molecule has 1 amide bonds. The van der Waals surface area contributed by atoms with Crippen LogP contribution in [0.25, 0.3) is 0 Å². The van der Waals surface area contributed by atoms with E-state index in [9.17, 15) is 9.59 Å². The molecule has 0 bridgehead atoms. The highest BCUT2D eigenvalue weighted by Crippen LogP contribution is 2.13. The predicted molar refractivity (Wildman–Crippen MR) is 67.0 cm³/mol. The zero-order valence-electron chi connectivity index (χ0n) is 10.2. The summed E-state index contributed by atoms with van der Waals surface area (Å²) in [4.78, 5) is 22.1. The first-order valence-electron chi connectivity index (χ1n) is 5.72. The van der Waals surface area contributed by atoms with Crippen molar-refractivity contribution in [1.82, 2.24) is 0 Å². The van der Waals surface area contributed by atoms with Crippen molar-refractivity contribution in [2.24, 2.45) is 5.92 Å². The Labute approximate surface area is 105 Å². The molecule has 1 rings (SSSR count). The fraction of sp³-hybridized carbons (Fsp3) is 0.385. The maximum atomic E-state index is 11.6. The number of carbonyl (C=O) groups excluding carboxylic acids is 1. The maximum absolute atomic E-state index is 11.6. The van der Waals surface area contributed by atoms with Gasteiger partial charge in [-0.25, -0.2) is 0 Å². The van der Waals surface area contributed by atoms with E-state index in [1.54, 1.807) is 31.2 Å². The molecule has 1 atom stereocenters. The second kappa shape index (κ2) is 6.76. The van der Waals surface area contributed by atoms with Crippen LogP contribution in [0.4, 0.5) is 5.69 Å². The summed E-state index contributed by atoms with van der Waals surface area (Å²) in [7, 11) is 0. The standard InChI is InChI=1S/C13H17NO4/c1-9(6-13(17)18)5-12(16)14-11-4-2-3-10(7-11)8-15/h2-4,7,9,15H,5-6,8H2,1H3,(H,14,16)(H,17,18). The number of benzene rings is 1. The average Bonchev–Trinajstić information content (AvgIpc) is 2.27. The quantitative estimate of drug-likeness (QED) is 0.717. The molecule has 0 fully saturated rings. The third-order valence-electron chi connectivity index (χ3n) is 2.45. The monoisotopic (exact) mass is 251 g/mol. The van der Waals surface area contributed by atoms with E-state index in [1.807, 2.05) is 0 Å². The number of nitrogens with one attached hydrogen (secondary N) is 1. The van der Waals surface area contributed by atoms with E-state index in [2.05, 4.69) is 5.32 Å². The predicted octanol–water partition coefficient (Wildman–Crippen LogP) is 1.62. The molecule has 98 valence electrons. The van der Waals surface area contributed by atoms with Crippen molar-refractivity contribution in [3.63, 3.8) is 0 Å². The van der Waals surface area contributed by atoms with Gasteiger partial charge in [0.25, 0.3) is 0 Å². The van der Waals surface area contributed by atoms with Crippen molar-refractivity contribution in [1.29, 1.82) is 0 Å². The number of aliphatic hydroxyl groups is 1. The van der Waals surface area contributed by atoms with Crippen molar-refractivity contribution < 1.29 is 19.8 Å². The topological polar surface area (TPSA) is 86.6 Å². The molecule has 1 unspecified atom stereocenters. The summed E-state index contributed by atoms with van der Waals surface area (Å²) >= 11 is 0. The van der Waals surface area contributed by atoms with Gasteiger partial charge in [0.05, 0.1) is 6.61 Å². The summed E-state index contributed by atoms with van der Waals surface area (Å²) in [5.74, 6) is -1.33. The van der Waals surface area contributed by atoms with E-state index in [1.165, 1.54) is 0 Å². The first-order valence-corrected chi connectivity index (χ1v) is 5.72. The highest BCUT2D eigenvalue weighted by Gasteiger charge is 2.12. The van der Waals surface area contributed by atoms with Crippen LogP contribution in [0.15, 0.2) is 24.3 Å². The molecule has 0 spiro atoms. The van der Waals surface area contributed by atoms with Gasteiger partial charge in [0.15, 0.2) is 0 Å². The van der Waals surface area contributed by atoms with Gasteiger partial charge in [-0.05, 0) is 23.6 Å². The molecule has 0 saturated heterocycles. The molecule has 1 aromatic rings. The number of carbonyl (C=O) groups is 2. The molecule has 0 aliphatic heterocycles. The molecule has 0 heterocycles. The summed E-state index contributed by atoms with van der Waals surface area (Å²) in [6, 6.07) is 6.89. The molecule has 0 aliphatic carbocycles. The van der Waals surface area contributed by atoms with Crippen LogP contribution < -0.4 is 5.32 Å². The van der Waals surface area contributed by atoms with Crippen LogP contribution in [0.5, 0.6) is 0 Å². The number of amides is 1. The average molecular weight is 251 g/mol. The Hall–Kier alpha value is -1.88. The molecule has 18 heavy (non-hydrogen) atoms. The molecule has 0 saturated carbocycles. The van der Waals surface area contributed by atoms with Gasteiger partial charge >= 0.3 is 5.97 Å².